The molecule has 1 aromatic carbocycles. The van der Waals surface area contributed by atoms with Crippen LogP contribution in [0.1, 0.15) is 38.7 Å². The molecule has 0 saturated heterocycles. The quantitative estimate of drug-likeness (QED) is 0.768. The Morgan fingerprint density at radius 3 is 2.61 bits per heavy atom. The first-order chi connectivity index (χ1) is 10.8. The molecule has 1 aromatic rings. The van der Waals surface area contributed by atoms with E-state index in [0.717, 1.165) is 24.8 Å². The molecule has 2 unspecified atom stereocenters. The van der Waals surface area contributed by atoms with Crippen molar-refractivity contribution in [3.05, 3.63) is 41.2 Å². The number of benzene rings is 1. The average molecular weight is 347 g/mol. The maximum absolute atomic E-state index is 11.6. The van der Waals surface area contributed by atoms with Gasteiger partial charge in [-0.25, -0.2) is 0 Å². The normalized spacial score (nSPS) is 19.1. The van der Waals surface area contributed by atoms with Gasteiger partial charge in [0.2, 0.25) is 6.09 Å². The second kappa shape index (κ2) is 14.4. The SMILES string of the molecule is CC.O=C([N-]C1CCC(OCCO)C1)OCc1ccccc1.[K+]. The molecule has 1 amide bonds. The van der Waals surface area contributed by atoms with Crippen molar-refractivity contribution in [3.8, 4) is 0 Å². The Balaban J connectivity index is 0.00000155. The minimum absolute atomic E-state index is 0. The molecule has 6 heteroatoms. The predicted molar refractivity (Wildman–Crippen MR) is 85.8 cm³/mol. The molecule has 0 radical (unpaired) electrons. The zero-order valence-electron chi connectivity index (χ0n) is 14.4. The number of carbonyl (C=O) groups excluding carboxylic acids is 1. The molecular weight excluding hydrogens is 321 g/mol. The second-order valence-electron chi connectivity index (χ2n) is 4.85. The van der Waals surface area contributed by atoms with Gasteiger partial charge in [-0.1, -0.05) is 50.6 Å². The van der Waals surface area contributed by atoms with Gasteiger partial charge in [-0.2, -0.15) is 0 Å². The zero-order valence-corrected chi connectivity index (χ0v) is 17.5. The van der Waals surface area contributed by atoms with Crippen LogP contribution in [0, 0.1) is 0 Å². The zero-order chi connectivity index (χ0) is 16.2. The van der Waals surface area contributed by atoms with Crippen LogP contribution in [0.2, 0.25) is 0 Å². The molecule has 0 bridgehead atoms. The Bertz CT molecular complexity index is 416. The van der Waals surface area contributed by atoms with Crippen molar-refractivity contribution in [1.82, 2.24) is 0 Å². The minimum atomic E-state index is -0.512. The van der Waals surface area contributed by atoms with Gasteiger partial charge in [-0.3, -0.25) is 4.79 Å². The third-order valence-corrected chi connectivity index (χ3v) is 3.29. The third-order valence-electron chi connectivity index (χ3n) is 3.29. The average Bonchev–Trinajstić information content (AvgIpc) is 3.01. The van der Waals surface area contributed by atoms with Crippen LogP contribution in [-0.4, -0.2) is 36.6 Å². The van der Waals surface area contributed by atoms with E-state index in [0.29, 0.717) is 6.61 Å². The van der Waals surface area contributed by atoms with Gasteiger partial charge in [0.25, 0.3) is 0 Å². The molecule has 1 N–H and O–H groups in total. The van der Waals surface area contributed by atoms with Gasteiger partial charge < -0.3 is 19.9 Å². The Kier molecular flexibility index (Phi) is 14.4. The molecule has 23 heavy (non-hydrogen) atoms. The first-order valence-corrected chi connectivity index (χ1v) is 7.92. The molecule has 2 atom stereocenters. The maximum atomic E-state index is 11.6. The summed E-state index contributed by atoms with van der Waals surface area (Å²) in [5, 5.41) is 12.7. The van der Waals surface area contributed by atoms with Crippen molar-refractivity contribution in [1.29, 1.82) is 0 Å². The van der Waals surface area contributed by atoms with Crippen molar-refractivity contribution < 1.29 is 70.8 Å². The Morgan fingerprint density at radius 1 is 1.26 bits per heavy atom. The van der Waals surface area contributed by atoms with Crippen molar-refractivity contribution in [2.24, 2.45) is 0 Å². The first kappa shape index (κ1) is 23.0. The number of ether oxygens (including phenoxy) is 2. The summed E-state index contributed by atoms with van der Waals surface area (Å²) in [6.45, 7) is 4.62. The monoisotopic (exact) mass is 347 g/mol. The molecule has 1 saturated carbocycles. The van der Waals surface area contributed by atoms with Gasteiger partial charge in [0, 0.05) is 0 Å². The summed E-state index contributed by atoms with van der Waals surface area (Å²) in [4.78, 5) is 11.6. The summed E-state index contributed by atoms with van der Waals surface area (Å²) >= 11 is 0. The van der Waals surface area contributed by atoms with E-state index < -0.39 is 6.09 Å². The predicted octanol–water partition coefficient (Wildman–Crippen LogP) is 0.657. The number of carbonyl (C=O) groups is 1. The molecule has 1 fully saturated rings. The summed E-state index contributed by atoms with van der Waals surface area (Å²) in [6.07, 6.45) is 2.01. The molecule has 0 heterocycles. The van der Waals surface area contributed by atoms with Gasteiger partial charge in [-0.05, 0) is 18.4 Å². The number of hydrogen-bond acceptors (Lipinski definition) is 4. The summed E-state index contributed by atoms with van der Waals surface area (Å²) in [6, 6.07) is 9.51. The summed E-state index contributed by atoms with van der Waals surface area (Å²) in [7, 11) is 0. The Morgan fingerprint density at radius 2 is 1.96 bits per heavy atom. The fourth-order valence-corrected chi connectivity index (χ4v) is 2.31. The van der Waals surface area contributed by atoms with Crippen LogP contribution in [0.3, 0.4) is 0 Å². The fraction of sp³-hybridized carbons (Fsp3) is 0.588. The molecule has 124 valence electrons. The fourth-order valence-electron chi connectivity index (χ4n) is 2.31. The number of aliphatic hydroxyl groups excluding tert-OH is 1. The maximum Gasteiger partial charge on any atom is 1.00 e. The van der Waals surface area contributed by atoms with E-state index in [-0.39, 0.29) is 76.7 Å². The van der Waals surface area contributed by atoms with Crippen molar-refractivity contribution in [3.63, 3.8) is 0 Å². The van der Waals surface area contributed by atoms with E-state index in [1.807, 2.05) is 44.2 Å². The van der Waals surface area contributed by atoms with E-state index >= 15 is 0 Å². The van der Waals surface area contributed by atoms with E-state index in [9.17, 15) is 4.79 Å². The topological polar surface area (TPSA) is 69.9 Å². The Labute approximate surface area is 181 Å². The molecule has 1 aliphatic rings. The van der Waals surface area contributed by atoms with Gasteiger partial charge in [0.1, 0.15) is 6.61 Å². The number of rotatable bonds is 6. The molecule has 0 spiro atoms. The van der Waals surface area contributed by atoms with Crippen molar-refractivity contribution in [2.75, 3.05) is 13.2 Å². The van der Waals surface area contributed by atoms with Gasteiger partial charge in [-0.15, -0.1) is 6.04 Å². The van der Waals surface area contributed by atoms with E-state index in [1.165, 1.54) is 0 Å². The van der Waals surface area contributed by atoms with Gasteiger partial charge in [0.05, 0.1) is 19.3 Å². The van der Waals surface area contributed by atoms with Crippen LogP contribution >= 0.6 is 0 Å². The largest absolute Gasteiger partial charge is 1.00 e. The van der Waals surface area contributed by atoms with Crippen LogP contribution in [0.25, 0.3) is 5.32 Å². The van der Waals surface area contributed by atoms with Crippen LogP contribution in [0.5, 0.6) is 0 Å². The minimum Gasteiger partial charge on any atom is -0.615 e. The first-order valence-electron chi connectivity index (χ1n) is 7.92. The molecule has 0 aromatic heterocycles. The van der Waals surface area contributed by atoms with Crippen molar-refractivity contribution in [2.45, 2.75) is 51.9 Å². The standard InChI is InChI=1S/C15H21NO4.C2H6.K/c17-8-9-19-14-7-6-13(10-14)16-15(18)20-11-12-4-2-1-3-5-12;1-2;/h1-5,13-14,17H,6-11H2,(H,16,18);1-2H3;/q;;+1/p-1. The third kappa shape index (κ3) is 9.81. The Hall–Kier alpha value is 0.0464. The van der Waals surface area contributed by atoms with Crippen LogP contribution < -0.4 is 51.4 Å². The number of amides is 1. The van der Waals surface area contributed by atoms with E-state index in [1.54, 1.807) is 0 Å². The second-order valence-corrected chi connectivity index (χ2v) is 4.85. The van der Waals surface area contributed by atoms with Gasteiger partial charge >= 0.3 is 51.4 Å². The van der Waals surface area contributed by atoms with E-state index in [2.05, 4.69) is 5.32 Å². The summed E-state index contributed by atoms with van der Waals surface area (Å²) in [5.74, 6) is 0. The molecule has 1 aliphatic carbocycles. The van der Waals surface area contributed by atoms with Crippen LogP contribution in [-0.2, 0) is 16.1 Å². The van der Waals surface area contributed by atoms with E-state index in [4.69, 9.17) is 14.6 Å². The number of aliphatic hydroxyl groups is 1. The summed E-state index contributed by atoms with van der Waals surface area (Å²) < 4.78 is 10.6. The van der Waals surface area contributed by atoms with Crippen LogP contribution in [0.4, 0.5) is 4.79 Å². The van der Waals surface area contributed by atoms with Gasteiger partial charge in [0.15, 0.2) is 0 Å². The smallest absolute Gasteiger partial charge is 0.615 e. The number of nitrogens with zero attached hydrogens (tertiary/aromatic N) is 1. The summed E-state index contributed by atoms with van der Waals surface area (Å²) in [5.41, 5.74) is 0.951. The molecule has 5 nitrogen and oxygen atoms in total. The van der Waals surface area contributed by atoms with Crippen LogP contribution in [0.15, 0.2) is 30.3 Å². The number of hydrogen-bond donors (Lipinski definition) is 1. The molecular formula is C17H26KNO4. The molecule has 2 rings (SSSR count). The molecule has 0 aliphatic heterocycles. The van der Waals surface area contributed by atoms with Crippen molar-refractivity contribution >= 4 is 6.09 Å².